The Morgan fingerprint density at radius 1 is 0.903 bits per heavy atom. The molecule has 0 spiro atoms. The minimum absolute atomic E-state index is 0.380. The maximum absolute atomic E-state index is 12.8. The van der Waals surface area contributed by atoms with Gasteiger partial charge in [0.1, 0.15) is 17.5 Å². The van der Waals surface area contributed by atoms with Gasteiger partial charge in [0, 0.05) is 5.69 Å². The average molecular weight is 439 g/mol. The van der Waals surface area contributed by atoms with Crippen molar-refractivity contribution < 1.29 is 17.9 Å². The van der Waals surface area contributed by atoms with Crippen LogP contribution in [0, 0.1) is 13.8 Å². The highest BCUT2D eigenvalue weighted by Gasteiger charge is 2.29. The number of benzene rings is 3. The first-order valence-electron chi connectivity index (χ1n) is 9.85. The molecule has 1 N–H and O–H groups in total. The van der Waals surface area contributed by atoms with Crippen molar-refractivity contribution in [2.45, 2.75) is 26.8 Å². The second-order valence-electron chi connectivity index (χ2n) is 7.43. The van der Waals surface area contributed by atoms with Crippen molar-refractivity contribution in [3.05, 3.63) is 83.9 Å². The van der Waals surface area contributed by atoms with Crippen molar-refractivity contribution in [3.63, 3.8) is 0 Å². The highest BCUT2D eigenvalue weighted by Crippen LogP contribution is 2.27. The third kappa shape index (κ3) is 5.64. The topological polar surface area (TPSA) is 75.7 Å². The monoisotopic (exact) mass is 438 g/mol. The summed E-state index contributed by atoms with van der Waals surface area (Å²) >= 11 is 0. The summed E-state index contributed by atoms with van der Waals surface area (Å²) in [5.41, 5.74) is 3.16. The highest BCUT2D eigenvalue weighted by atomic mass is 32.2. The van der Waals surface area contributed by atoms with Gasteiger partial charge in [0.2, 0.25) is 15.9 Å². The van der Waals surface area contributed by atoms with Crippen LogP contribution >= 0.6 is 0 Å². The number of anilines is 2. The predicted molar refractivity (Wildman–Crippen MR) is 124 cm³/mol. The largest absolute Gasteiger partial charge is 0.457 e. The van der Waals surface area contributed by atoms with Crippen LogP contribution in [0.4, 0.5) is 11.4 Å². The molecule has 3 aromatic carbocycles. The predicted octanol–water partition coefficient (Wildman–Crippen LogP) is 4.89. The Labute approximate surface area is 183 Å². The summed E-state index contributed by atoms with van der Waals surface area (Å²) in [6.07, 6.45) is 1.08. The fraction of sp³-hybridized carbons (Fsp3) is 0.208. The Balaban J connectivity index is 1.80. The van der Waals surface area contributed by atoms with E-state index < -0.39 is 22.0 Å². The summed E-state index contributed by atoms with van der Waals surface area (Å²) in [7, 11) is -3.71. The van der Waals surface area contributed by atoms with E-state index in [9.17, 15) is 13.2 Å². The molecule has 7 heteroatoms. The van der Waals surface area contributed by atoms with Gasteiger partial charge in [0.05, 0.1) is 11.9 Å². The fourth-order valence-electron chi connectivity index (χ4n) is 3.16. The number of ether oxygens (including phenoxy) is 1. The molecule has 0 saturated carbocycles. The molecule has 1 atom stereocenters. The van der Waals surface area contributed by atoms with E-state index >= 15 is 0 Å². The lowest BCUT2D eigenvalue weighted by atomic mass is 10.1. The zero-order valence-corrected chi connectivity index (χ0v) is 18.8. The van der Waals surface area contributed by atoms with E-state index in [4.69, 9.17) is 4.74 Å². The van der Waals surface area contributed by atoms with Crippen LogP contribution in [-0.2, 0) is 14.8 Å². The van der Waals surface area contributed by atoms with Gasteiger partial charge in [-0.05, 0) is 80.4 Å². The minimum atomic E-state index is -3.71. The summed E-state index contributed by atoms with van der Waals surface area (Å²) in [4.78, 5) is 12.8. The van der Waals surface area contributed by atoms with Crippen molar-refractivity contribution in [2.24, 2.45) is 0 Å². The van der Waals surface area contributed by atoms with Crippen molar-refractivity contribution in [1.29, 1.82) is 0 Å². The summed E-state index contributed by atoms with van der Waals surface area (Å²) in [5, 5.41) is 2.81. The second kappa shape index (κ2) is 9.22. The lowest BCUT2D eigenvalue weighted by molar-refractivity contribution is -0.116. The summed E-state index contributed by atoms with van der Waals surface area (Å²) in [5.74, 6) is 0.824. The smallest absolute Gasteiger partial charge is 0.247 e. The number of amides is 1. The first-order chi connectivity index (χ1) is 14.6. The first-order valence-corrected chi connectivity index (χ1v) is 11.7. The fourth-order valence-corrected chi connectivity index (χ4v) is 4.34. The van der Waals surface area contributed by atoms with E-state index in [1.165, 1.54) is 0 Å². The molecule has 0 heterocycles. The summed E-state index contributed by atoms with van der Waals surface area (Å²) in [6, 6.07) is 20.5. The molecular formula is C24H26N2O4S. The minimum Gasteiger partial charge on any atom is -0.457 e. The van der Waals surface area contributed by atoms with E-state index in [0.717, 1.165) is 21.7 Å². The normalized spacial score (nSPS) is 12.1. The van der Waals surface area contributed by atoms with Crippen LogP contribution < -0.4 is 14.4 Å². The van der Waals surface area contributed by atoms with Gasteiger partial charge in [-0.2, -0.15) is 0 Å². The van der Waals surface area contributed by atoms with E-state index in [1.807, 2.05) is 56.3 Å². The highest BCUT2D eigenvalue weighted by molar-refractivity contribution is 7.92. The van der Waals surface area contributed by atoms with Crippen LogP contribution in [0.25, 0.3) is 0 Å². The van der Waals surface area contributed by atoms with Crippen LogP contribution in [0.3, 0.4) is 0 Å². The molecular weight excluding hydrogens is 412 g/mol. The van der Waals surface area contributed by atoms with Gasteiger partial charge >= 0.3 is 0 Å². The molecule has 0 aliphatic heterocycles. The van der Waals surface area contributed by atoms with Gasteiger partial charge in [0.25, 0.3) is 0 Å². The van der Waals surface area contributed by atoms with Gasteiger partial charge in [0.15, 0.2) is 0 Å². The molecule has 3 rings (SSSR count). The Bertz CT molecular complexity index is 1160. The molecule has 31 heavy (non-hydrogen) atoms. The number of carbonyl (C=O) groups excluding carboxylic acids is 1. The number of para-hydroxylation sites is 1. The Kier molecular flexibility index (Phi) is 6.65. The van der Waals surface area contributed by atoms with E-state index in [0.29, 0.717) is 22.9 Å². The number of nitrogens with zero attached hydrogens (tertiary/aromatic N) is 1. The molecule has 3 aromatic rings. The third-order valence-electron chi connectivity index (χ3n) is 4.93. The molecule has 0 unspecified atom stereocenters. The molecule has 1 amide bonds. The molecule has 0 bridgehead atoms. The third-order valence-corrected chi connectivity index (χ3v) is 6.17. The Morgan fingerprint density at radius 2 is 1.52 bits per heavy atom. The summed E-state index contributed by atoms with van der Waals surface area (Å²) < 4.78 is 31.9. The number of sulfonamides is 1. The van der Waals surface area contributed by atoms with Crippen LogP contribution in [0.5, 0.6) is 11.5 Å². The van der Waals surface area contributed by atoms with Crippen molar-refractivity contribution >= 4 is 27.3 Å². The Hall–Kier alpha value is -3.32. The maximum atomic E-state index is 12.8. The second-order valence-corrected chi connectivity index (χ2v) is 9.29. The van der Waals surface area contributed by atoms with Crippen molar-refractivity contribution in [2.75, 3.05) is 15.9 Å². The lowest BCUT2D eigenvalue weighted by Crippen LogP contribution is -2.45. The lowest BCUT2D eigenvalue weighted by Gasteiger charge is -2.28. The standard InChI is InChI=1S/C24H26N2O4S/c1-17-10-11-20(16-18(17)2)25-24(27)19(3)26(31(4,28)29)21-12-14-23(15-13-21)30-22-8-6-5-7-9-22/h5-16,19H,1-4H3,(H,25,27)/t19-/m0/s1. The van der Waals surface area contributed by atoms with Crippen LogP contribution in [0.1, 0.15) is 18.1 Å². The number of hydrogen-bond donors (Lipinski definition) is 1. The molecule has 0 aromatic heterocycles. The summed E-state index contributed by atoms with van der Waals surface area (Å²) in [6.45, 7) is 5.50. The van der Waals surface area contributed by atoms with Crippen molar-refractivity contribution in [1.82, 2.24) is 0 Å². The van der Waals surface area contributed by atoms with Gasteiger partial charge in [-0.15, -0.1) is 0 Å². The quantitative estimate of drug-likeness (QED) is 0.570. The van der Waals surface area contributed by atoms with Gasteiger partial charge in [-0.25, -0.2) is 8.42 Å². The SMILES string of the molecule is Cc1ccc(NC(=O)[C@H](C)N(c2ccc(Oc3ccccc3)cc2)S(C)(=O)=O)cc1C. The zero-order valence-electron chi connectivity index (χ0n) is 18.0. The van der Waals surface area contributed by atoms with E-state index in [-0.39, 0.29) is 0 Å². The van der Waals surface area contributed by atoms with Gasteiger partial charge in [-0.1, -0.05) is 24.3 Å². The Morgan fingerprint density at radius 3 is 2.10 bits per heavy atom. The van der Waals surface area contributed by atoms with Crippen LogP contribution in [0.15, 0.2) is 72.8 Å². The zero-order chi connectivity index (χ0) is 22.6. The van der Waals surface area contributed by atoms with Crippen molar-refractivity contribution in [3.8, 4) is 11.5 Å². The molecule has 0 saturated heterocycles. The maximum Gasteiger partial charge on any atom is 0.247 e. The number of carbonyl (C=O) groups is 1. The van der Waals surface area contributed by atoms with Gasteiger partial charge in [-0.3, -0.25) is 9.10 Å². The molecule has 0 radical (unpaired) electrons. The molecule has 0 aliphatic rings. The van der Waals surface area contributed by atoms with E-state index in [1.54, 1.807) is 37.3 Å². The van der Waals surface area contributed by atoms with Gasteiger partial charge < -0.3 is 10.1 Å². The number of rotatable bonds is 7. The number of nitrogens with one attached hydrogen (secondary N) is 1. The van der Waals surface area contributed by atoms with Crippen LogP contribution in [0.2, 0.25) is 0 Å². The first kappa shape index (κ1) is 22.4. The molecule has 162 valence electrons. The van der Waals surface area contributed by atoms with E-state index in [2.05, 4.69) is 5.32 Å². The molecule has 6 nitrogen and oxygen atoms in total. The number of hydrogen-bond acceptors (Lipinski definition) is 4. The molecule has 0 fully saturated rings. The number of aryl methyl sites for hydroxylation is 2. The van der Waals surface area contributed by atoms with Crippen LogP contribution in [-0.4, -0.2) is 26.6 Å². The molecule has 0 aliphatic carbocycles. The average Bonchev–Trinajstić information content (AvgIpc) is 2.72.